The van der Waals surface area contributed by atoms with Crippen LogP contribution >= 0.6 is 0 Å². The van der Waals surface area contributed by atoms with Crippen molar-refractivity contribution in [1.82, 2.24) is 14.7 Å². The second-order valence-electron chi connectivity index (χ2n) is 10.2. The van der Waals surface area contributed by atoms with E-state index in [4.69, 9.17) is 56.8 Å². The fourth-order valence-electron chi connectivity index (χ4n) is 3.84. The lowest BCUT2D eigenvalue weighted by atomic mass is 10.4. The standard InChI is InChI=1S/C31H67N3O13/c1-36-13-17-44-25-21-40-9-5-32(6-10-41-22-26-45-18-14-37-2)29-34(31-35)30-33(7-11-42-23-27-46-19-15-38-3)8-12-43-24-28-47-20-16-39-4/h35H,5-31H2,1-4H3. The van der Waals surface area contributed by atoms with Crippen molar-refractivity contribution in [3.05, 3.63) is 0 Å². The molecule has 0 aromatic carbocycles. The summed E-state index contributed by atoms with van der Waals surface area (Å²) >= 11 is 0. The molecule has 0 aromatic heterocycles. The van der Waals surface area contributed by atoms with Crippen molar-refractivity contribution in [3.63, 3.8) is 0 Å². The summed E-state index contributed by atoms with van der Waals surface area (Å²) in [5, 5.41) is 10.3. The van der Waals surface area contributed by atoms with Crippen LogP contribution in [0.25, 0.3) is 0 Å². The average molecular weight is 690 g/mol. The van der Waals surface area contributed by atoms with Crippen molar-refractivity contribution in [3.8, 4) is 0 Å². The Balaban J connectivity index is 4.87. The van der Waals surface area contributed by atoms with Gasteiger partial charge >= 0.3 is 0 Å². The molecular formula is C31H67N3O13. The third kappa shape index (κ3) is 35.0. The first kappa shape index (κ1) is 46.4. The summed E-state index contributed by atoms with van der Waals surface area (Å²) in [6.45, 7) is 14.2. The molecule has 0 unspecified atom stereocenters. The quantitative estimate of drug-likeness (QED) is 0.0650. The highest BCUT2D eigenvalue weighted by atomic mass is 16.6. The number of hydrogen-bond donors (Lipinski definition) is 1. The van der Waals surface area contributed by atoms with Gasteiger partial charge in [-0.15, -0.1) is 0 Å². The van der Waals surface area contributed by atoms with Crippen LogP contribution in [0.4, 0.5) is 0 Å². The van der Waals surface area contributed by atoms with Crippen molar-refractivity contribution >= 4 is 0 Å². The summed E-state index contributed by atoms with van der Waals surface area (Å²) in [6.07, 6.45) is 0. The van der Waals surface area contributed by atoms with Gasteiger partial charge in [-0.05, 0) is 0 Å². The maximum atomic E-state index is 10.3. The molecule has 1 N–H and O–H groups in total. The minimum absolute atomic E-state index is 0.113. The molecule has 0 saturated carbocycles. The van der Waals surface area contributed by atoms with Gasteiger partial charge in [0, 0.05) is 54.6 Å². The molecule has 47 heavy (non-hydrogen) atoms. The van der Waals surface area contributed by atoms with E-state index in [0.29, 0.717) is 172 Å². The molecule has 16 heteroatoms. The van der Waals surface area contributed by atoms with Crippen molar-refractivity contribution in [2.24, 2.45) is 0 Å². The van der Waals surface area contributed by atoms with Gasteiger partial charge in [-0.3, -0.25) is 14.7 Å². The van der Waals surface area contributed by atoms with E-state index < -0.39 is 0 Å². The van der Waals surface area contributed by atoms with Gasteiger partial charge in [0.1, 0.15) is 0 Å². The second-order valence-corrected chi connectivity index (χ2v) is 10.2. The minimum atomic E-state index is -0.113. The van der Waals surface area contributed by atoms with E-state index in [-0.39, 0.29) is 6.73 Å². The molecule has 0 amide bonds. The summed E-state index contributed by atoms with van der Waals surface area (Å²) in [4.78, 5) is 6.37. The predicted octanol–water partition coefficient (Wildman–Crippen LogP) is -0.524. The highest BCUT2D eigenvalue weighted by molar-refractivity contribution is 4.63. The maximum absolute atomic E-state index is 10.3. The molecule has 284 valence electrons. The van der Waals surface area contributed by atoms with E-state index in [2.05, 4.69) is 9.80 Å². The molecule has 0 rings (SSSR count). The molecule has 0 aromatic rings. The Bertz CT molecular complexity index is 505. The Labute approximate surface area is 283 Å². The average Bonchev–Trinajstić information content (AvgIpc) is 3.08. The van der Waals surface area contributed by atoms with E-state index >= 15 is 0 Å². The zero-order chi connectivity index (χ0) is 34.3. The number of rotatable bonds is 41. The summed E-state index contributed by atoms with van der Waals surface area (Å²) in [6, 6.07) is 0. The van der Waals surface area contributed by atoms with Gasteiger partial charge in [-0.1, -0.05) is 0 Å². The minimum Gasteiger partial charge on any atom is -0.382 e. The van der Waals surface area contributed by atoms with Crippen LogP contribution in [0, 0.1) is 0 Å². The van der Waals surface area contributed by atoms with Gasteiger partial charge in [0.25, 0.3) is 0 Å². The fourth-order valence-corrected chi connectivity index (χ4v) is 3.84. The molecule has 16 nitrogen and oxygen atoms in total. The summed E-state index contributed by atoms with van der Waals surface area (Å²) in [5.74, 6) is 0. The molecule has 0 radical (unpaired) electrons. The molecule has 0 aliphatic heterocycles. The van der Waals surface area contributed by atoms with Gasteiger partial charge < -0.3 is 61.9 Å². The molecular weight excluding hydrogens is 622 g/mol. The van der Waals surface area contributed by atoms with Gasteiger partial charge in [0.15, 0.2) is 0 Å². The van der Waals surface area contributed by atoms with Crippen molar-refractivity contribution in [2.45, 2.75) is 0 Å². The zero-order valence-electron chi connectivity index (χ0n) is 29.8. The SMILES string of the molecule is COCCOCCOCCN(CCOCCOCCOC)CN(CO)CN(CCOCCOCCOC)CCOCCOCCOC. The highest BCUT2D eigenvalue weighted by Gasteiger charge is 2.15. The van der Waals surface area contributed by atoms with E-state index in [0.717, 1.165) is 0 Å². The molecule has 0 aliphatic rings. The molecule has 0 saturated heterocycles. The predicted molar refractivity (Wildman–Crippen MR) is 176 cm³/mol. The Morgan fingerprint density at radius 2 is 0.511 bits per heavy atom. The van der Waals surface area contributed by atoms with Gasteiger partial charge in [0.2, 0.25) is 0 Å². The first-order valence-electron chi connectivity index (χ1n) is 16.6. The van der Waals surface area contributed by atoms with Crippen LogP contribution < -0.4 is 0 Å². The number of hydrogen-bond acceptors (Lipinski definition) is 16. The lowest BCUT2D eigenvalue weighted by molar-refractivity contribution is -0.0337. The van der Waals surface area contributed by atoms with Crippen LogP contribution in [-0.2, 0) is 56.8 Å². The Kier molecular flexibility index (Phi) is 39.3. The van der Waals surface area contributed by atoms with Gasteiger partial charge in [-0.25, -0.2) is 0 Å². The fraction of sp³-hybridized carbons (Fsp3) is 1.00. The number of aliphatic hydroxyl groups is 1. The Morgan fingerprint density at radius 3 is 0.723 bits per heavy atom. The zero-order valence-corrected chi connectivity index (χ0v) is 29.8. The molecule has 0 atom stereocenters. The van der Waals surface area contributed by atoms with Crippen molar-refractivity contribution in [2.75, 3.05) is 207 Å². The number of ether oxygens (including phenoxy) is 12. The largest absolute Gasteiger partial charge is 0.382 e. The third-order valence-electron chi connectivity index (χ3n) is 6.42. The Morgan fingerprint density at radius 1 is 0.298 bits per heavy atom. The lowest BCUT2D eigenvalue weighted by Gasteiger charge is -2.33. The highest BCUT2D eigenvalue weighted by Crippen LogP contribution is 2.00. The number of methoxy groups -OCH3 is 4. The summed E-state index contributed by atoms with van der Waals surface area (Å²) < 4.78 is 65.1. The maximum Gasteiger partial charge on any atom is 0.0976 e. The molecule has 0 bridgehead atoms. The monoisotopic (exact) mass is 689 g/mol. The molecule has 0 heterocycles. The molecule has 0 spiro atoms. The number of nitrogens with zero attached hydrogens (tertiary/aromatic N) is 3. The lowest BCUT2D eigenvalue weighted by Crippen LogP contribution is -2.47. The van der Waals surface area contributed by atoms with Crippen LogP contribution in [-0.4, -0.2) is 227 Å². The van der Waals surface area contributed by atoms with E-state index in [1.807, 2.05) is 4.90 Å². The number of aliphatic hydroxyl groups excluding tert-OH is 1. The van der Waals surface area contributed by atoms with E-state index in [1.54, 1.807) is 28.4 Å². The van der Waals surface area contributed by atoms with Crippen LogP contribution in [0.15, 0.2) is 0 Å². The molecule has 0 fully saturated rings. The van der Waals surface area contributed by atoms with E-state index in [9.17, 15) is 5.11 Å². The summed E-state index contributed by atoms with van der Waals surface area (Å²) in [7, 11) is 6.59. The smallest absolute Gasteiger partial charge is 0.0976 e. The third-order valence-corrected chi connectivity index (χ3v) is 6.42. The van der Waals surface area contributed by atoms with Crippen LogP contribution in [0.5, 0.6) is 0 Å². The van der Waals surface area contributed by atoms with Crippen LogP contribution in [0.2, 0.25) is 0 Å². The molecule has 0 aliphatic carbocycles. The first-order valence-corrected chi connectivity index (χ1v) is 16.6. The second kappa shape index (κ2) is 39.8. The summed E-state index contributed by atoms with van der Waals surface area (Å²) in [5.41, 5.74) is 0. The van der Waals surface area contributed by atoms with E-state index in [1.165, 1.54) is 0 Å². The van der Waals surface area contributed by atoms with Crippen LogP contribution in [0.3, 0.4) is 0 Å². The van der Waals surface area contributed by atoms with Crippen molar-refractivity contribution < 1.29 is 61.9 Å². The topological polar surface area (TPSA) is 141 Å². The Hall–Kier alpha value is -0.640. The van der Waals surface area contributed by atoms with Crippen molar-refractivity contribution in [1.29, 1.82) is 0 Å². The normalized spacial score (nSPS) is 12.0. The van der Waals surface area contributed by atoms with Crippen LogP contribution in [0.1, 0.15) is 0 Å². The van der Waals surface area contributed by atoms with Gasteiger partial charge in [-0.2, -0.15) is 0 Å². The first-order chi connectivity index (χ1) is 23.2. The van der Waals surface area contributed by atoms with Gasteiger partial charge in [0.05, 0.1) is 152 Å².